The summed E-state index contributed by atoms with van der Waals surface area (Å²) in [5.74, 6) is 0.140. The SMILES string of the molecule is CNCCc1cnc2ccc(-c3ccc(F)cc3OCCc3c(C)nn(C)c3C)cn12.Cc1c(CCOc2cc(F)ccc2-c2ccc3ncc(CN(C)C)n3c2)c(C(=O)N(C)C)nn1C. The minimum Gasteiger partial charge on any atom is -0.492 e. The standard InChI is InChI=1S/C26H31FN6O2.C24H28FN5O/c1-17-21(25(29-32(17)6)26(34)31(4)5)11-12-35-23-13-19(27)8-9-22(23)18-7-10-24-28-14-20(16-30(2)3)33(24)15-18;1-16-21(17(2)29(4)28-16)10-12-31-23-13-19(25)6-7-22(23)18-5-8-24-27-14-20(9-11-26-3)30(24)15-18/h7-10,13-15H,11-12,16H2,1-6H3;5-8,13-15,26H,9-12H2,1-4H3. The van der Waals surface area contributed by atoms with Gasteiger partial charge in [0, 0.05) is 136 Å². The number of fused-ring (bicyclic) bond motifs is 2. The summed E-state index contributed by atoms with van der Waals surface area (Å²) < 4.78 is 48.1. The van der Waals surface area contributed by atoms with Crippen LogP contribution in [0.2, 0.25) is 0 Å². The van der Waals surface area contributed by atoms with E-state index >= 15 is 0 Å². The molecule has 16 heteroatoms. The molecule has 346 valence electrons. The predicted molar refractivity (Wildman–Crippen MR) is 253 cm³/mol. The molecule has 2 aromatic carbocycles. The minimum atomic E-state index is -0.373. The largest absolute Gasteiger partial charge is 0.492 e. The maximum atomic E-state index is 14.2. The van der Waals surface area contributed by atoms with Gasteiger partial charge in [0.05, 0.1) is 30.8 Å². The Morgan fingerprint density at radius 1 is 0.682 bits per heavy atom. The Kier molecular flexibility index (Phi) is 14.6. The fraction of sp³-hybridized carbons (Fsp3) is 0.340. The van der Waals surface area contributed by atoms with E-state index in [2.05, 4.69) is 41.7 Å². The molecule has 0 aliphatic heterocycles. The zero-order valence-corrected chi connectivity index (χ0v) is 39.5. The van der Waals surface area contributed by atoms with Gasteiger partial charge in [0.1, 0.15) is 34.4 Å². The molecule has 0 unspecified atom stereocenters. The van der Waals surface area contributed by atoms with Crippen LogP contribution in [0.5, 0.6) is 11.5 Å². The van der Waals surface area contributed by atoms with E-state index in [-0.39, 0.29) is 24.1 Å². The summed E-state index contributed by atoms with van der Waals surface area (Å²) in [6, 6.07) is 17.1. The van der Waals surface area contributed by atoms with Crippen molar-refractivity contribution in [2.75, 3.05) is 55.0 Å². The van der Waals surface area contributed by atoms with Crippen LogP contribution in [0, 0.1) is 32.4 Å². The number of hydrogen-bond donors (Lipinski definition) is 1. The first-order valence-electron chi connectivity index (χ1n) is 21.9. The number of halogens is 2. The van der Waals surface area contributed by atoms with Gasteiger partial charge in [-0.1, -0.05) is 0 Å². The second-order valence-electron chi connectivity index (χ2n) is 16.9. The van der Waals surface area contributed by atoms with Crippen LogP contribution in [0.25, 0.3) is 33.5 Å². The molecule has 0 bridgehead atoms. The Labute approximate surface area is 384 Å². The summed E-state index contributed by atoms with van der Waals surface area (Å²) >= 11 is 0. The summed E-state index contributed by atoms with van der Waals surface area (Å²) in [6.45, 7) is 8.32. The fourth-order valence-corrected chi connectivity index (χ4v) is 8.01. The lowest BCUT2D eigenvalue weighted by molar-refractivity contribution is 0.0820. The molecule has 0 atom stereocenters. The van der Waals surface area contributed by atoms with Crippen LogP contribution in [0.4, 0.5) is 8.78 Å². The number of hydrogen-bond acceptors (Lipinski definition) is 9. The molecule has 0 radical (unpaired) electrons. The first-order chi connectivity index (χ1) is 31.6. The van der Waals surface area contributed by atoms with Crippen molar-refractivity contribution in [2.24, 2.45) is 14.1 Å². The van der Waals surface area contributed by atoms with Crippen molar-refractivity contribution in [1.82, 2.24) is 53.4 Å². The molecular weight excluding hydrogens is 841 g/mol. The van der Waals surface area contributed by atoms with E-state index in [4.69, 9.17) is 9.47 Å². The van der Waals surface area contributed by atoms with Gasteiger partial charge in [-0.05, 0) is 96.0 Å². The van der Waals surface area contributed by atoms with Gasteiger partial charge in [-0.2, -0.15) is 10.2 Å². The first-order valence-corrected chi connectivity index (χ1v) is 21.9. The summed E-state index contributed by atoms with van der Waals surface area (Å²) in [5, 5.41) is 12.0. The quantitative estimate of drug-likeness (QED) is 0.105. The Bertz CT molecular complexity index is 2980. The molecule has 0 aliphatic rings. The number of nitrogens with one attached hydrogen (secondary N) is 1. The lowest BCUT2D eigenvalue weighted by Crippen LogP contribution is -2.23. The van der Waals surface area contributed by atoms with E-state index in [1.54, 1.807) is 30.9 Å². The highest BCUT2D eigenvalue weighted by Gasteiger charge is 2.22. The Hall–Kier alpha value is -6.91. The Morgan fingerprint density at radius 2 is 1.20 bits per heavy atom. The lowest BCUT2D eigenvalue weighted by Gasteiger charge is -2.14. The molecule has 0 fully saturated rings. The van der Waals surface area contributed by atoms with Gasteiger partial charge in [-0.3, -0.25) is 14.2 Å². The van der Waals surface area contributed by atoms with Gasteiger partial charge < -0.3 is 33.4 Å². The van der Waals surface area contributed by atoms with Crippen LogP contribution >= 0.6 is 0 Å². The van der Waals surface area contributed by atoms with Crippen molar-refractivity contribution < 1.29 is 23.0 Å². The number of aryl methyl sites for hydroxylation is 3. The summed E-state index contributed by atoms with van der Waals surface area (Å²) in [5.41, 5.74) is 12.9. The van der Waals surface area contributed by atoms with Gasteiger partial charge in [-0.25, -0.2) is 18.7 Å². The number of pyridine rings is 2. The molecule has 0 saturated heterocycles. The molecule has 14 nitrogen and oxygen atoms in total. The fourth-order valence-electron chi connectivity index (χ4n) is 8.01. The van der Waals surface area contributed by atoms with Gasteiger partial charge in [0.15, 0.2) is 5.69 Å². The number of ether oxygens (including phenoxy) is 2. The summed E-state index contributed by atoms with van der Waals surface area (Å²) in [4.78, 5) is 25.1. The van der Waals surface area contributed by atoms with Gasteiger partial charge >= 0.3 is 0 Å². The smallest absolute Gasteiger partial charge is 0.274 e. The maximum Gasteiger partial charge on any atom is 0.274 e. The minimum absolute atomic E-state index is 0.155. The number of benzene rings is 2. The normalized spacial score (nSPS) is 11.4. The molecule has 0 spiro atoms. The van der Waals surface area contributed by atoms with Crippen molar-refractivity contribution in [2.45, 2.75) is 46.6 Å². The number of imidazole rings is 2. The van der Waals surface area contributed by atoms with E-state index < -0.39 is 0 Å². The average molecular weight is 900 g/mol. The summed E-state index contributed by atoms with van der Waals surface area (Å²) in [6.07, 6.45) is 9.87. The van der Waals surface area contributed by atoms with E-state index in [0.29, 0.717) is 30.2 Å². The molecule has 1 N–H and O–H groups in total. The predicted octanol–water partition coefficient (Wildman–Crippen LogP) is 7.44. The highest BCUT2D eigenvalue weighted by molar-refractivity contribution is 5.93. The van der Waals surface area contributed by atoms with Crippen molar-refractivity contribution >= 4 is 17.2 Å². The van der Waals surface area contributed by atoms with Gasteiger partial charge in [0.25, 0.3) is 5.91 Å². The molecule has 0 saturated carbocycles. The van der Waals surface area contributed by atoms with Crippen molar-refractivity contribution in [3.63, 3.8) is 0 Å². The van der Waals surface area contributed by atoms with E-state index in [0.717, 1.165) is 93.5 Å². The van der Waals surface area contributed by atoms with Gasteiger partial charge in [0.2, 0.25) is 0 Å². The topological polar surface area (TPSA) is 124 Å². The van der Waals surface area contributed by atoms with Crippen molar-refractivity contribution in [3.05, 3.63) is 142 Å². The zero-order chi connectivity index (χ0) is 47.2. The Balaban J connectivity index is 0.000000198. The third-order valence-electron chi connectivity index (χ3n) is 11.7. The molecule has 1 amide bonds. The molecular formula is C50H59F2N11O3. The van der Waals surface area contributed by atoms with Crippen molar-refractivity contribution in [1.29, 1.82) is 0 Å². The third-order valence-corrected chi connectivity index (χ3v) is 11.7. The highest BCUT2D eigenvalue weighted by atomic mass is 19.1. The number of amides is 1. The van der Waals surface area contributed by atoms with Crippen LogP contribution < -0.4 is 14.8 Å². The van der Waals surface area contributed by atoms with Crippen LogP contribution in [0.15, 0.2) is 85.5 Å². The van der Waals surface area contributed by atoms with Crippen LogP contribution in [-0.2, 0) is 39.9 Å². The highest BCUT2D eigenvalue weighted by Crippen LogP contribution is 2.33. The number of nitrogens with zero attached hydrogens (tertiary/aromatic N) is 10. The molecule has 66 heavy (non-hydrogen) atoms. The van der Waals surface area contributed by atoms with Crippen LogP contribution in [-0.4, -0.2) is 109 Å². The molecule has 8 aromatic rings. The van der Waals surface area contributed by atoms with Crippen molar-refractivity contribution in [3.8, 4) is 33.8 Å². The third kappa shape index (κ3) is 10.5. The van der Waals surface area contributed by atoms with E-state index in [1.807, 2.05) is 107 Å². The second kappa shape index (κ2) is 20.5. The molecule has 0 aliphatic carbocycles. The van der Waals surface area contributed by atoms with Crippen LogP contribution in [0.3, 0.4) is 0 Å². The lowest BCUT2D eigenvalue weighted by atomic mass is 10.1. The Morgan fingerprint density at radius 3 is 1.71 bits per heavy atom. The average Bonchev–Trinajstić information content (AvgIpc) is 4.02. The molecule has 6 heterocycles. The number of likely N-dealkylation sites (N-methyl/N-ethyl adjacent to an activating group) is 1. The van der Waals surface area contributed by atoms with Crippen LogP contribution in [0.1, 0.15) is 50.1 Å². The molecule has 6 aromatic heterocycles. The monoisotopic (exact) mass is 899 g/mol. The summed E-state index contributed by atoms with van der Waals surface area (Å²) in [7, 11) is 13.1. The number of carbonyl (C=O) groups is 1. The molecule has 8 rings (SSSR count). The number of rotatable bonds is 16. The van der Waals surface area contributed by atoms with Gasteiger partial charge in [-0.15, -0.1) is 0 Å². The number of carbonyl (C=O) groups excluding carboxylic acids is 1. The second-order valence-corrected chi connectivity index (χ2v) is 16.9. The maximum absolute atomic E-state index is 14.2. The zero-order valence-electron chi connectivity index (χ0n) is 39.5. The van der Waals surface area contributed by atoms with E-state index in [9.17, 15) is 13.6 Å². The number of aromatic nitrogens is 8. The first kappa shape index (κ1) is 47.1. The van der Waals surface area contributed by atoms with E-state index in [1.165, 1.54) is 34.7 Å².